The van der Waals surface area contributed by atoms with Gasteiger partial charge in [-0.1, -0.05) is 6.07 Å². The van der Waals surface area contributed by atoms with Crippen molar-refractivity contribution in [3.8, 4) is 5.75 Å². The summed E-state index contributed by atoms with van der Waals surface area (Å²) in [6, 6.07) is 5.48. The second-order valence-electron chi connectivity index (χ2n) is 3.84. The first-order valence-corrected chi connectivity index (χ1v) is 6.62. The van der Waals surface area contributed by atoms with E-state index in [1.807, 2.05) is 18.2 Å². The molecule has 0 heterocycles. The van der Waals surface area contributed by atoms with E-state index < -0.39 is 0 Å². The molecule has 4 nitrogen and oxygen atoms in total. The zero-order valence-corrected chi connectivity index (χ0v) is 12.2. The van der Waals surface area contributed by atoms with Crippen molar-refractivity contribution in [1.82, 2.24) is 0 Å². The summed E-state index contributed by atoms with van der Waals surface area (Å²) in [5, 5.41) is 0. The molecule has 100 valence electrons. The topological polar surface area (TPSA) is 61.5 Å². The molecule has 1 aromatic carbocycles. The molecule has 0 radical (unpaired) electrons. The molecule has 1 unspecified atom stereocenters. The Morgan fingerprint density at radius 2 is 2.22 bits per heavy atom. The molecule has 0 spiro atoms. The van der Waals surface area contributed by atoms with Gasteiger partial charge in [-0.3, -0.25) is 4.79 Å². The van der Waals surface area contributed by atoms with Crippen LogP contribution in [0.15, 0.2) is 22.7 Å². The second-order valence-corrected chi connectivity index (χ2v) is 4.70. The fourth-order valence-corrected chi connectivity index (χ4v) is 2.14. The number of halogens is 1. The Kier molecular flexibility index (Phi) is 6.15. The lowest BCUT2D eigenvalue weighted by molar-refractivity contribution is -0.143. The van der Waals surface area contributed by atoms with Crippen molar-refractivity contribution in [2.45, 2.75) is 25.8 Å². The number of methoxy groups -OCH3 is 1. The van der Waals surface area contributed by atoms with Crippen LogP contribution in [0.25, 0.3) is 0 Å². The van der Waals surface area contributed by atoms with Crippen LogP contribution in [0.3, 0.4) is 0 Å². The average Bonchev–Trinajstić information content (AvgIpc) is 2.36. The van der Waals surface area contributed by atoms with Gasteiger partial charge in [0.05, 0.1) is 18.2 Å². The summed E-state index contributed by atoms with van der Waals surface area (Å²) in [6.07, 6.45) is 0.899. The second kappa shape index (κ2) is 7.38. The van der Waals surface area contributed by atoms with Crippen molar-refractivity contribution in [2.75, 3.05) is 13.7 Å². The van der Waals surface area contributed by atoms with E-state index in [0.717, 1.165) is 15.8 Å². The SMILES string of the molecule is CCOC(=O)CCC(N)c1ccc(OC)c(Br)c1. The van der Waals surface area contributed by atoms with Crippen LogP contribution in [0.1, 0.15) is 31.4 Å². The van der Waals surface area contributed by atoms with Crippen LogP contribution in [-0.2, 0) is 9.53 Å². The van der Waals surface area contributed by atoms with Gasteiger partial charge >= 0.3 is 5.97 Å². The zero-order valence-electron chi connectivity index (χ0n) is 10.6. The summed E-state index contributed by atoms with van der Waals surface area (Å²) < 4.78 is 10.9. The van der Waals surface area contributed by atoms with Gasteiger partial charge in [-0.25, -0.2) is 0 Å². The van der Waals surface area contributed by atoms with Gasteiger partial charge in [0.15, 0.2) is 0 Å². The highest BCUT2D eigenvalue weighted by atomic mass is 79.9. The van der Waals surface area contributed by atoms with Crippen LogP contribution in [0, 0.1) is 0 Å². The van der Waals surface area contributed by atoms with Crippen LogP contribution in [0.4, 0.5) is 0 Å². The molecule has 0 fully saturated rings. The van der Waals surface area contributed by atoms with E-state index in [1.54, 1.807) is 14.0 Å². The van der Waals surface area contributed by atoms with Crippen molar-refractivity contribution in [3.05, 3.63) is 28.2 Å². The number of hydrogen-bond donors (Lipinski definition) is 1. The van der Waals surface area contributed by atoms with E-state index in [2.05, 4.69) is 15.9 Å². The van der Waals surface area contributed by atoms with Gasteiger partial charge < -0.3 is 15.2 Å². The predicted molar refractivity (Wildman–Crippen MR) is 73.5 cm³/mol. The number of nitrogens with two attached hydrogens (primary N) is 1. The molecule has 0 saturated heterocycles. The molecule has 0 aliphatic heterocycles. The summed E-state index contributed by atoms with van der Waals surface area (Å²) in [6.45, 7) is 2.20. The lowest BCUT2D eigenvalue weighted by atomic mass is 10.0. The van der Waals surface area contributed by atoms with Gasteiger partial charge in [0, 0.05) is 12.5 Å². The van der Waals surface area contributed by atoms with Crippen LogP contribution < -0.4 is 10.5 Å². The highest BCUT2D eigenvalue weighted by molar-refractivity contribution is 9.10. The molecule has 0 bridgehead atoms. The molecule has 0 aromatic heterocycles. The number of esters is 1. The predicted octanol–water partition coefficient (Wildman–Crippen LogP) is 2.80. The van der Waals surface area contributed by atoms with Crippen molar-refractivity contribution < 1.29 is 14.3 Å². The van der Waals surface area contributed by atoms with Crippen molar-refractivity contribution >= 4 is 21.9 Å². The summed E-state index contributed by atoms with van der Waals surface area (Å²) in [5.41, 5.74) is 7.00. The lowest BCUT2D eigenvalue weighted by Gasteiger charge is -2.13. The number of rotatable bonds is 6. The number of hydrogen-bond acceptors (Lipinski definition) is 4. The first-order valence-electron chi connectivity index (χ1n) is 5.83. The summed E-state index contributed by atoms with van der Waals surface area (Å²) >= 11 is 3.41. The van der Waals surface area contributed by atoms with E-state index in [-0.39, 0.29) is 12.0 Å². The molecule has 0 aliphatic carbocycles. The standard InChI is InChI=1S/C13H18BrNO3/c1-3-18-13(16)7-5-11(15)9-4-6-12(17-2)10(14)8-9/h4,6,8,11H,3,5,7,15H2,1-2H3. The fourth-order valence-electron chi connectivity index (χ4n) is 1.59. The van der Waals surface area contributed by atoms with E-state index in [4.69, 9.17) is 15.2 Å². The third-order valence-electron chi connectivity index (χ3n) is 2.57. The molecule has 1 atom stereocenters. The maximum absolute atomic E-state index is 11.2. The van der Waals surface area contributed by atoms with E-state index >= 15 is 0 Å². The van der Waals surface area contributed by atoms with Crippen molar-refractivity contribution in [2.24, 2.45) is 5.73 Å². The van der Waals surface area contributed by atoms with Crippen LogP contribution in [0.2, 0.25) is 0 Å². The Balaban J connectivity index is 2.58. The smallest absolute Gasteiger partial charge is 0.305 e. The Bertz CT molecular complexity index is 409. The minimum Gasteiger partial charge on any atom is -0.496 e. The Hall–Kier alpha value is -1.07. The van der Waals surface area contributed by atoms with E-state index in [0.29, 0.717) is 19.4 Å². The van der Waals surface area contributed by atoms with Gasteiger partial charge in [0.25, 0.3) is 0 Å². The molecule has 0 aliphatic rings. The summed E-state index contributed by atoms with van der Waals surface area (Å²) in [7, 11) is 1.61. The third kappa shape index (κ3) is 4.31. The quantitative estimate of drug-likeness (QED) is 0.820. The molecule has 5 heteroatoms. The first-order chi connectivity index (χ1) is 8.58. The average molecular weight is 316 g/mol. The Morgan fingerprint density at radius 1 is 1.50 bits per heavy atom. The minimum atomic E-state index is -0.208. The normalized spacial score (nSPS) is 12.0. The molecule has 1 aromatic rings. The van der Waals surface area contributed by atoms with Gasteiger partial charge in [-0.05, 0) is 47.0 Å². The van der Waals surface area contributed by atoms with E-state index in [9.17, 15) is 4.79 Å². The molecular weight excluding hydrogens is 298 g/mol. The number of carbonyl (C=O) groups excluding carboxylic acids is 1. The minimum absolute atomic E-state index is 0.184. The molecule has 0 saturated carbocycles. The van der Waals surface area contributed by atoms with Crippen LogP contribution in [-0.4, -0.2) is 19.7 Å². The number of ether oxygens (including phenoxy) is 2. The van der Waals surface area contributed by atoms with Crippen molar-refractivity contribution in [1.29, 1.82) is 0 Å². The largest absolute Gasteiger partial charge is 0.496 e. The maximum Gasteiger partial charge on any atom is 0.305 e. The van der Waals surface area contributed by atoms with E-state index in [1.165, 1.54) is 0 Å². The van der Waals surface area contributed by atoms with Gasteiger partial charge in [0.1, 0.15) is 5.75 Å². The Morgan fingerprint density at radius 3 is 2.78 bits per heavy atom. The Labute approximate surface area is 116 Å². The highest BCUT2D eigenvalue weighted by Gasteiger charge is 2.11. The monoisotopic (exact) mass is 315 g/mol. The molecule has 2 N–H and O–H groups in total. The fraction of sp³-hybridized carbons (Fsp3) is 0.462. The van der Waals surface area contributed by atoms with Crippen molar-refractivity contribution in [3.63, 3.8) is 0 Å². The molecule has 1 rings (SSSR count). The number of benzene rings is 1. The van der Waals surface area contributed by atoms with Crippen LogP contribution in [0.5, 0.6) is 5.75 Å². The molecular formula is C13H18BrNO3. The molecule has 0 amide bonds. The zero-order chi connectivity index (χ0) is 13.5. The summed E-state index contributed by atoms with van der Waals surface area (Å²) in [4.78, 5) is 11.2. The molecule has 18 heavy (non-hydrogen) atoms. The number of carbonyl (C=O) groups is 1. The third-order valence-corrected chi connectivity index (χ3v) is 3.19. The highest BCUT2D eigenvalue weighted by Crippen LogP contribution is 2.28. The van der Waals surface area contributed by atoms with Gasteiger partial charge in [0.2, 0.25) is 0 Å². The lowest BCUT2D eigenvalue weighted by Crippen LogP contribution is -2.13. The first kappa shape index (κ1) is 15.0. The summed E-state index contributed by atoms with van der Waals surface area (Å²) in [5.74, 6) is 0.553. The maximum atomic E-state index is 11.2. The van der Waals surface area contributed by atoms with Gasteiger partial charge in [-0.2, -0.15) is 0 Å². The van der Waals surface area contributed by atoms with Crippen LogP contribution >= 0.6 is 15.9 Å². The van der Waals surface area contributed by atoms with Gasteiger partial charge in [-0.15, -0.1) is 0 Å².